The van der Waals surface area contributed by atoms with E-state index in [2.05, 4.69) is 17.2 Å². The molecular weight excluding hydrogens is 409 g/mol. The maximum absolute atomic E-state index is 12.7. The third-order valence-corrected chi connectivity index (χ3v) is 4.89. The summed E-state index contributed by atoms with van der Waals surface area (Å²) >= 11 is 0. The summed E-state index contributed by atoms with van der Waals surface area (Å²) in [4.78, 5) is 26.4. The summed E-state index contributed by atoms with van der Waals surface area (Å²) in [7, 11) is 1.52. The van der Waals surface area contributed by atoms with Crippen LogP contribution < -0.4 is 15.0 Å². The number of carbonyl (C=O) groups excluding carboxylic acids is 2. The number of amides is 2. The quantitative estimate of drug-likeness (QED) is 0.755. The lowest BCUT2D eigenvalue weighted by Crippen LogP contribution is -2.33. The number of nitrogens with one attached hydrogen (secondary N) is 1. The fourth-order valence-corrected chi connectivity index (χ4v) is 3.32. The number of rotatable bonds is 4. The first-order chi connectivity index (χ1) is 14.7. The molecule has 1 fully saturated rings. The van der Waals surface area contributed by atoms with Gasteiger partial charge >= 0.3 is 6.18 Å². The molecule has 1 unspecified atom stereocenters. The first-order valence-corrected chi connectivity index (χ1v) is 9.58. The molecule has 0 aromatic heterocycles. The van der Waals surface area contributed by atoms with Gasteiger partial charge in [0.05, 0.1) is 30.8 Å². The summed E-state index contributed by atoms with van der Waals surface area (Å²) < 4.78 is 43.6. The van der Waals surface area contributed by atoms with Crippen LogP contribution in [0.2, 0.25) is 0 Å². The highest BCUT2D eigenvalue weighted by Crippen LogP contribution is 2.34. The largest absolute Gasteiger partial charge is 0.495 e. The Morgan fingerprint density at radius 3 is 2.74 bits per heavy atom. The van der Waals surface area contributed by atoms with Crippen molar-refractivity contribution in [3.05, 3.63) is 59.2 Å². The third-order valence-electron chi connectivity index (χ3n) is 4.89. The van der Waals surface area contributed by atoms with Crippen molar-refractivity contribution < 1.29 is 27.5 Å². The Balaban J connectivity index is 1.60. The molecule has 2 aromatic rings. The number of hydrogen-bond acceptors (Lipinski definition) is 3. The Morgan fingerprint density at radius 2 is 2.03 bits per heavy atom. The Hall–Kier alpha value is -3.47. The van der Waals surface area contributed by atoms with Crippen LogP contribution in [0, 0.1) is 24.7 Å². The van der Waals surface area contributed by atoms with E-state index in [0.717, 1.165) is 17.7 Å². The number of halogens is 3. The van der Waals surface area contributed by atoms with E-state index in [1.165, 1.54) is 24.1 Å². The third kappa shape index (κ3) is 5.37. The number of benzene rings is 2. The zero-order valence-electron chi connectivity index (χ0n) is 17.0. The standard InChI is InChI=1S/C23H21F3N2O3/c1-15-8-9-20(31-2)19(11-15)28-14-17(13-21(28)29)22(30)27-10-4-6-16-5-3-7-18(12-16)23(24,25)26/h3,5,7-9,11-12,17H,10,13-14H2,1-2H3,(H,27,30). The molecular formula is C23H21F3N2O3. The highest BCUT2D eigenvalue weighted by atomic mass is 19.4. The predicted octanol–water partition coefficient (Wildman–Crippen LogP) is 3.54. The molecule has 0 bridgehead atoms. The molecule has 0 aliphatic carbocycles. The van der Waals surface area contributed by atoms with Gasteiger partial charge in [-0.3, -0.25) is 9.59 Å². The second-order valence-corrected chi connectivity index (χ2v) is 7.18. The van der Waals surface area contributed by atoms with E-state index in [0.29, 0.717) is 11.4 Å². The van der Waals surface area contributed by atoms with Crippen LogP contribution in [0.15, 0.2) is 42.5 Å². The molecule has 0 saturated carbocycles. The van der Waals surface area contributed by atoms with Crippen molar-refractivity contribution in [2.75, 3.05) is 25.1 Å². The van der Waals surface area contributed by atoms with Gasteiger partial charge in [0.2, 0.25) is 11.8 Å². The van der Waals surface area contributed by atoms with Crippen molar-refractivity contribution in [2.45, 2.75) is 19.5 Å². The molecule has 1 aliphatic heterocycles. The van der Waals surface area contributed by atoms with Gasteiger partial charge in [0, 0.05) is 18.5 Å². The van der Waals surface area contributed by atoms with Gasteiger partial charge in [0.1, 0.15) is 5.75 Å². The van der Waals surface area contributed by atoms with E-state index in [1.807, 2.05) is 19.1 Å². The molecule has 5 nitrogen and oxygen atoms in total. The number of carbonyl (C=O) groups is 2. The van der Waals surface area contributed by atoms with Crippen molar-refractivity contribution in [3.63, 3.8) is 0 Å². The van der Waals surface area contributed by atoms with Crippen LogP contribution in [0.5, 0.6) is 5.75 Å². The van der Waals surface area contributed by atoms with Crippen LogP contribution in [-0.4, -0.2) is 32.0 Å². The van der Waals surface area contributed by atoms with E-state index >= 15 is 0 Å². The van der Waals surface area contributed by atoms with Crippen LogP contribution in [0.1, 0.15) is 23.1 Å². The monoisotopic (exact) mass is 430 g/mol. The molecule has 1 N–H and O–H groups in total. The number of anilines is 1. The summed E-state index contributed by atoms with van der Waals surface area (Å²) in [5.74, 6) is 4.74. The SMILES string of the molecule is COc1ccc(C)cc1N1CC(C(=O)NCC#Cc2cccc(C(F)(F)F)c2)CC1=O. The lowest BCUT2D eigenvalue weighted by molar-refractivity contribution is -0.137. The molecule has 3 rings (SSSR count). The van der Waals surface area contributed by atoms with Gasteiger partial charge in [-0.05, 0) is 42.8 Å². The minimum absolute atomic E-state index is 0.0342. The summed E-state index contributed by atoms with van der Waals surface area (Å²) in [6.45, 7) is 2.08. The molecule has 31 heavy (non-hydrogen) atoms. The molecule has 1 aliphatic rings. The minimum Gasteiger partial charge on any atom is -0.495 e. The highest BCUT2D eigenvalue weighted by Gasteiger charge is 2.36. The van der Waals surface area contributed by atoms with Crippen molar-refractivity contribution >= 4 is 17.5 Å². The normalized spacial score (nSPS) is 16.0. The van der Waals surface area contributed by atoms with Crippen molar-refractivity contribution in [1.82, 2.24) is 5.32 Å². The van der Waals surface area contributed by atoms with E-state index in [-0.39, 0.29) is 36.9 Å². The summed E-state index contributed by atoms with van der Waals surface area (Å²) in [5, 5.41) is 2.63. The number of methoxy groups -OCH3 is 1. The zero-order chi connectivity index (χ0) is 22.6. The Morgan fingerprint density at radius 1 is 1.26 bits per heavy atom. The number of alkyl halides is 3. The van der Waals surface area contributed by atoms with Crippen LogP contribution in [0.3, 0.4) is 0 Å². The van der Waals surface area contributed by atoms with Gasteiger partial charge in [-0.2, -0.15) is 13.2 Å². The Kier molecular flexibility index (Phi) is 6.54. The first-order valence-electron chi connectivity index (χ1n) is 9.58. The smallest absolute Gasteiger partial charge is 0.416 e. The molecule has 0 spiro atoms. The van der Waals surface area contributed by atoms with Gasteiger partial charge in [0.15, 0.2) is 0 Å². The highest BCUT2D eigenvalue weighted by molar-refractivity contribution is 6.01. The fraction of sp³-hybridized carbons (Fsp3) is 0.304. The maximum Gasteiger partial charge on any atom is 0.416 e. The molecule has 2 aromatic carbocycles. The second kappa shape index (κ2) is 9.13. The van der Waals surface area contributed by atoms with E-state index < -0.39 is 17.7 Å². The molecule has 2 amide bonds. The average molecular weight is 430 g/mol. The first kappa shape index (κ1) is 22.2. The van der Waals surface area contributed by atoms with Crippen molar-refractivity contribution in [2.24, 2.45) is 5.92 Å². The predicted molar refractivity (Wildman–Crippen MR) is 110 cm³/mol. The van der Waals surface area contributed by atoms with E-state index in [1.54, 1.807) is 6.07 Å². The summed E-state index contributed by atoms with van der Waals surface area (Å²) in [6, 6.07) is 10.1. The van der Waals surface area contributed by atoms with Gasteiger partial charge in [-0.1, -0.05) is 24.0 Å². The van der Waals surface area contributed by atoms with Gasteiger partial charge < -0.3 is 15.0 Å². The zero-order valence-corrected chi connectivity index (χ0v) is 17.0. The van der Waals surface area contributed by atoms with Crippen molar-refractivity contribution in [1.29, 1.82) is 0 Å². The molecule has 0 radical (unpaired) electrons. The lowest BCUT2D eigenvalue weighted by Gasteiger charge is -2.20. The molecule has 8 heteroatoms. The van der Waals surface area contributed by atoms with Crippen LogP contribution in [0.4, 0.5) is 18.9 Å². The Bertz CT molecular complexity index is 1050. The summed E-state index contributed by atoms with van der Waals surface area (Å²) in [5.41, 5.74) is 1.01. The topological polar surface area (TPSA) is 58.6 Å². The van der Waals surface area contributed by atoms with Crippen LogP contribution in [-0.2, 0) is 15.8 Å². The second-order valence-electron chi connectivity index (χ2n) is 7.18. The molecule has 162 valence electrons. The van der Waals surface area contributed by atoms with Gasteiger partial charge in [-0.15, -0.1) is 0 Å². The molecule has 1 atom stereocenters. The molecule has 1 heterocycles. The van der Waals surface area contributed by atoms with Crippen molar-refractivity contribution in [3.8, 4) is 17.6 Å². The summed E-state index contributed by atoms with van der Waals surface area (Å²) in [6.07, 6.45) is -4.38. The number of nitrogens with zero attached hydrogens (tertiary/aromatic N) is 1. The van der Waals surface area contributed by atoms with Gasteiger partial charge in [0.25, 0.3) is 0 Å². The van der Waals surface area contributed by atoms with Crippen LogP contribution >= 0.6 is 0 Å². The number of aryl methyl sites for hydroxylation is 1. The van der Waals surface area contributed by atoms with Gasteiger partial charge in [-0.25, -0.2) is 0 Å². The van der Waals surface area contributed by atoms with Crippen LogP contribution in [0.25, 0.3) is 0 Å². The van der Waals surface area contributed by atoms with E-state index in [4.69, 9.17) is 4.74 Å². The fourth-order valence-electron chi connectivity index (χ4n) is 3.32. The maximum atomic E-state index is 12.7. The molecule has 1 saturated heterocycles. The lowest BCUT2D eigenvalue weighted by atomic mass is 10.1. The minimum atomic E-state index is -4.44. The van der Waals surface area contributed by atoms with E-state index in [9.17, 15) is 22.8 Å². The Labute approximate surface area is 178 Å². The number of hydrogen-bond donors (Lipinski definition) is 1. The average Bonchev–Trinajstić information content (AvgIpc) is 3.12. The number of ether oxygens (including phenoxy) is 1.